The molecule has 1 aromatic heterocycles. The molecule has 0 spiro atoms. The number of nitrogens with one attached hydrogen (secondary N) is 2. The van der Waals surface area contributed by atoms with E-state index in [4.69, 9.17) is 4.74 Å². The van der Waals surface area contributed by atoms with Crippen molar-refractivity contribution in [2.24, 2.45) is 0 Å². The van der Waals surface area contributed by atoms with Crippen LogP contribution < -0.4 is 15.4 Å². The van der Waals surface area contributed by atoms with Crippen LogP contribution in [0.4, 0.5) is 16.5 Å². The lowest BCUT2D eigenvalue weighted by atomic mass is 10.1. The van der Waals surface area contributed by atoms with Gasteiger partial charge in [0.1, 0.15) is 5.75 Å². The number of aromatic nitrogens is 1. The highest BCUT2D eigenvalue weighted by Gasteiger charge is 2.18. The summed E-state index contributed by atoms with van der Waals surface area (Å²) in [6.07, 6.45) is 0. The van der Waals surface area contributed by atoms with Crippen LogP contribution in [-0.4, -0.2) is 34.1 Å². The number of hydrogen-bond acceptors (Lipinski definition) is 8. The Balaban J connectivity index is 1.37. The molecule has 0 aliphatic rings. The first-order valence-electron chi connectivity index (χ1n) is 11.1. The molecule has 2 N–H and O–H groups in total. The highest BCUT2D eigenvalue weighted by atomic mass is 32.2. The number of benzene rings is 3. The molecule has 0 bridgehead atoms. The standard InChI is InChI=1S/C26H22N4O5S2/c1-16(24(31)29-26-28-23(15-36-26)17-6-3-9-20(12-17)30(33)34)37-22-11-5-8-19(14-22)27-25(32)18-7-4-10-21(13-18)35-2/h3-16H,1-2H3,(H,27,32)(H,28,29,31). The van der Waals surface area contributed by atoms with E-state index in [-0.39, 0.29) is 17.5 Å². The van der Waals surface area contributed by atoms with Gasteiger partial charge >= 0.3 is 0 Å². The number of thioether (sulfide) groups is 1. The number of methoxy groups -OCH3 is 1. The van der Waals surface area contributed by atoms with E-state index >= 15 is 0 Å². The van der Waals surface area contributed by atoms with Gasteiger partial charge in [0.15, 0.2) is 5.13 Å². The highest BCUT2D eigenvalue weighted by molar-refractivity contribution is 8.00. The molecule has 11 heteroatoms. The summed E-state index contributed by atoms with van der Waals surface area (Å²) in [6.45, 7) is 1.77. The van der Waals surface area contributed by atoms with Crippen LogP contribution >= 0.6 is 23.1 Å². The van der Waals surface area contributed by atoms with Crippen LogP contribution in [0.3, 0.4) is 0 Å². The van der Waals surface area contributed by atoms with Crippen LogP contribution in [0.15, 0.2) is 83.1 Å². The fourth-order valence-corrected chi connectivity index (χ4v) is 4.97. The van der Waals surface area contributed by atoms with Gasteiger partial charge in [0.05, 0.1) is 23.0 Å². The zero-order valence-electron chi connectivity index (χ0n) is 19.8. The van der Waals surface area contributed by atoms with Crippen LogP contribution in [0.1, 0.15) is 17.3 Å². The first-order chi connectivity index (χ1) is 17.8. The van der Waals surface area contributed by atoms with E-state index in [1.807, 2.05) is 6.07 Å². The Bertz CT molecular complexity index is 1460. The van der Waals surface area contributed by atoms with Gasteiger partial charge in [0.25, 0.3) is 11.6 Å². The lowest BCUT2D eigenvalue weighted by Crippen LogP contribution is -2.22. The number of nitrogens with zero attached hydrogens (tertiary/aromatic N) is 2. The molecule has 2 amide bonds. The number of anilines is 2. The molecular formula is C26H22N4O5S2. The minimum absolute atomic E-state index is 0.0250. The number of carbonyl (C=O) groups is 2. The number of carbonyl (C=O) groups excluding carboxylic acids is 2. The summed E-state index contributed by atoms with van der Waals surface area (Å²) in [5, 5.41) is 18.4. The van der Waals surface area contributed by atoms with E-state index < -0.39 is 10.2 Å². The summed E-state index contributed by atoms with van der Waals surface area (Å²) in [7, 11) is 1.54. The van der Waals surface area contributed by atoms with Gasteiger partial charge in [-0.1, -0.05) is 24.3 Å². The predicted octanol–water partition coefficient (Wildman–Crippen LogP) is 6.10. The zero-order valence-corrected chi connectivity index (χ0v) is 21.5. The number of nitro benzene ring substituents is 1. The van der Waals surface area contributed by atoms with E-state index in [1.165, 1.54) is 35.2 Å². The Morgan fingerprint density at radius 2 is 1.84 bits per heavy atom. The fourth-order valence-electron chi connectivity index (χ4n) is 3.32. The van der Waals surface area contributed by atoms with Gasteiger partial charge < -0.3 is 15.4 Å². The van der Waals surface area contributed by atoms with E-state index in [9.17, 15) is 19.7 Å². The molecule has 4 aromatic rings. The molecular weight excluding hydrogens is 512 g/mol. The third-order valence-corrected chi connectivity index (χ3v) is 7.04. The van der Waals surface area contributed by atoms with Crippen LogP contribution in [0, 0.1) is 10.1 Å². The molecule has 1 atom stereocenters. The predicted molar refractivity (Wildman–Crippen MR) is 146 cm³/mol. The lowest BCUT2D eigenvalue weighted by Gasteiger charge is -2.12. The van der Waals surface area contributed by atoms with Crippen LogP contribution in [0.2, 0.25) is 0 Å². The fraction of sp³-hybridized carbons (Fsp3) is 0.115. The average Bonchev–Trinajstić information content (AvgIpc) is 3.37. The number of rotatable bonds is 9. The highest BCUT2D eigenvalue weighted by Crippen LogP contribution is 2.30. The van der Waals surface area contributed by atoms with Gasteiger partial charge in [-0.05, 0) is 43.3 Å². The molecule has 0 radical (unpaired) electrons. The first kappa shape index (κ1) is 25.9. The van der Waals surface area contributed by atoms with E-state index in [0.29, 0.717) is 33.4 Å². The van der Waals surface area contributed by atoms with Gasteiger partial charge in [0.2, 0.25) is 5.91 Å². The minimum atomic E-state index is -0.462. The number of thiazole rings is 1. The van der Waals surface area contributed by atoms with Crippen molar-refractivity contribution >= 4 is 51.4 Å². The minimum Gasteiger partial charge on any atom is -0.497 e. The molecule has 0 aliphatic heterocycles. The molecule has 0 aliphatic carbocycles. The van der Waals surface area contributed by atoms with Gasteiger partial charge in [0, 0.05) is 39.2 Å². The second-order valence-electron chi connectivity index (χ2n) is 7.81. The summed E-state index contributed by atoms with van der Waals surface area (Å²) >= 11 is 2.58. The van der Waals surface area contributed by atoms with Gasteiger partial charge in [-0.3, -0.25) is 19.7 Å². The third-order valence-electron chi connectivity index (χ3n) is 5.19. The molecule has 0 saturated heterocycles. The monoisotopic (exact) mass is 534 g/mol. The SMILES string of the molecule is COc1cccc(C(=O)Nc2cccc(SC(C)C(=O)Nc3nc(-c4cccc([N+](=O)[O-])c4)cs3)c2)c1. The number of ether oxygens (including phenoxy) is 1. The maximum absolute atomic E-state index is 12.8. The van der Waals surface area contributed by atoms with Crippen LogP contribution in [0.25, 0.3) is 11.3 Å². The smallest absolute Gasteiger partial charge is 0.270 e. The second kappa shape index (κ2) is 11.7. The topological polar surface area (TPSA) is 123 Å². The zero-order chi connectivity index (χ0) is 26.4. The van der Waals surface area contributed by atoms with Crippen molar-refractivity contribution in [2.75, 3.05) is 17.7 Å². The van der Waals surface area contributed by atoms with E-state index in [1.54, 1.807) is 74.0 Å². The molecule has 188 valence electrons. The van der Waals surface area contributed by atoms with Crippen molar-refractivity contribution in [3.63, 3.8) is 0 Å². The van der Waals surface area contributed by atoms with Gasteiger partial charge in [-0.25, -0.2) is 4.98 Å². The largest absolute Gasteiger partial charge is 0.497 e. The molecule has 4 rings (SSSR count). The Kier molecular flexibility index (Phi) is 8.16. The summed E-state index contributed by atoms with van der Waals surface area (Å²) in [6, 6.07) is 20.3. The first-order valence-corrected chi connectivity index (χ1v) is 12.8. The molecule has 1 unspecified atom stereocenters. The lowest BCUT2D eigenvalue weighted by molar-refractivity contribution is -0.384. The number of nitro groups is 1. The molecule has 1 heterocycles. The molecule has 37 heavy (non-hydrogen) atoms. The number of non-ortho nitro benzene ring substituents is 1. The third kappa shape index (κ3) is 6.72. The maximum atomic E-state index is 12.8. The van der Waals surface area contributed by atoms with Crippen molar-refractivity contribution in [1.82, 2.24) is 4.98 Å². The van der Waals surface area contributed by atoms with Gasteiger partial charge in [-0.15, -0.1) is 23.1 Å². The van der Waals surface area contributed by atoms with Crippen molar-refractivity contribution < 1.29 is 19.2 Å². The Morgan fingerprint density at radius 3 is 2.62 bits per heavy atom. The van der Waals surface area contributed by atoms with Crippen molar-refractivity contribution in [3.8, 4) is 17.0 Å². The number of hydrogen-bond donors (Lipinski definition) is 2. The normalized spacial score (nSPS) is 11.4. The Morgan fingerprint density at radius 1 is 1.05 bits per heavy atom. The van der Waals surface area contributed by atoms with Crippen molar-refractivity contribution in [3.05, 3.63) is 93.9 Å². The van der Waals surface area contributed by atoms with Crippen LogP contribution in [-0.2, 0) is 4.79 Å². The molecule has 3 aromatic carbocycles. The van der Waals surface area contributed by atoms with Crippen LogP contribution in [0.5, 0.6) is 5.75 Å². The van der Waals surface area contributed by atoms with Crippen molar-refractivity contribution in [2.45, 2.75) is 17.1 Å². The Hall–Kier alpha value is -4.22. The average molecular weight is 535 g/mol. The summed E-state index contributed by atoms with van der Waals surface area (Å²) in [5.41, 5.74) is 2.19. The summed E-state index contributed by atoms with van der Waals surface area (Å²) < 4.78 is 5.17. The van der Waals surface area contributed by atoms with Gasteiger partial charge in [-0.2, -0.15) is 0 Å². The Labute approximate surface area is 221 Å². The summed E-state index contributed by atoms with van der Waals surface area (Å²) in [5.74, 6) is 0.0835. The van der Waals surface area contributed by atoms with Crippen molar-refractivity contribution in [1.29, 1.82) is 0 Å². The maximum Gasteiger partial charge on any atom is 0.270 e. The molecule has 0 saturated carbocycles. The second-order valence-corrected chi connectivity index (χ2v) is 10.1. The summed E-state index contributed by atoms with van der Waals surface area (Å²) in [4.78, 5) is 41.2. The van der Waals surface area contributed by atoms with E-state index in [2.05, 4.69) is 15.6 Å². The molecule has 0 fully saturated rings. The molecule has 9 nitrogen and oxygen atoms in total. The number of amides is 2. The quantitative estimate of drug-likeness (QED) is 0.151. The van der Waals surface area contributed by atoms with E-state index in [0.717, 1.165) is 4.90 Å².